The van der Waals surface area contributed by atoms with Gasteiger partial charge in [0, 0.05) is 4.47 Å². The molecule has 0 amide bonds. The van der Waals surface area contributed by atoms with E-state index in [-0.39, 0.29) is 18.2 Å². The molecule has 0 bridgehead atoms. The molecular weight excluding hydrogens is 304 g/mol. The molecule has 2 rings (SSSR count). The van der Waals surface area contributed by atoms with Gasteiger partial charge in [-0.25, -0.2) is 8.42 Å². The number of anilines is 1. The molecule has 1 aromatic carbocycles. The van der Waals surface area contributed by atoms with E-state index >= 15 is 0 Å². The molecule has 0 aliphatic carbocycles. The smallest absolute Gasteiger partial charge is 0.182 e. The molecule has 1 atom stereocenters. The van der Waals surface area contributed by atoms with Crippen molar-refractivity contribution in [2.24, 2.45) is 0 Å². The Balaban J connectivity index is 2.58. The number of aryl methyl sites for hydroxylation is 1. The van der Waals surface area contributed by atoms with Gasteiger partial charge in [0.15, 0.2) is 9.84 Å². The first-order valence-corrected chi connectivity index (χ1v) is 7.55. The van der Waals surface area contributed by atoms with Crippen LogP contribution in [0.1, 0.15) is 12.0 Å². The van der Waals surface area contributed by atoms with Crippen LogP contribution in [-0.2, 0) is 9.84 Å². The van der Waals surface area contributed by atoms with E-state index in [1.807, 2.05) is 19.1 Å². The lowest BCUT2D eigenvalue weighted by atomic mass is 10.2. The minimum absolute atomic E-state index is 0.0244. The van der Waals surface area contributed by atoms with Crippen molar-refractivity contribution in [3.63, 3.8) is 0 Å². The van der Waals surface area contributed by atoms with Crippen LogP contribution in [0.5, 0.6) is 0 Å². The molecule has 0 saturated carbocycles. The second-order valence-electron chi connectivity index (χ2n) is 4.10. The number of nitrogens with one attached hydrogen (secondary N) is 1. The van der Waals surface area contributed by atoms with Crippen LogP contribution in [0.4, 0.5) is 5.69 Å². The van der Waals surface area contributed by atoms with Crippen molar-refractivity contribution in [2.75, 3.05) is 11.1 Å². The zero-order valence-electron chi connectivity index (χ0n) is 9.20. The molecule has 4 nitrogen and oxygen atoms in total. The summed E-state index contributed by atoms with van der Waals surface area (Å²) in [6.07, 6.45) is 0.180. The van der Waals surface area contributed by atoms with Gasteiger partial charge in [-0.2, -0.15) is 5.26 Å². The second-order valence-corrected chi connectivity index (χ2v) is 6.96. The lowest BCUT2D eigenvalue weighted by Gasteiger charge is -2.26. The third kappa shape index (κ3) is 2.31. The van der Waals surface area contributed by atoms with Crippen molar-refractivity contribution in [3.05, 3.63) is 22.2 Å². The van der Waals surface area contributed by atoms with Crippen LogP contribution in [0.25, 0.3) is 0 Å². The molecule has 0 saturated heterocycles. The lowest BCUT2D eigenvalue weighted by Crippen LogP contribution is -2.34. The van der Waals surface area contributed by atoms with E-state index in [2.05, 4.69) is 21.2 Å². The summed E-state index contributed by atoms with van der Waals surface area (Å²) in [4.78, 5) is 0.318. The first-order valence-electron chi connectivity index (χ1n) is 5.10. The van der Waals surface area contributed by atoms with Gasteiger partial charge in [0.05, 0.1) is 34.9 Å². The molecule has 0 spiro atoms. The van der Waals surface area contributed by atoms with Gasteiger partial charge < -0.3 is 5.32 Å². The third-order valence-electron chi connectivity index (χ3n) is 2.64. The fourth-order valence-corrected chi connectivity index (χ4v) is 4.49. The Morgan fingerprint density at radius 3 is 2.94 bits per heavy atom. The van der Waals surface area contributed by atoms with Crippen LogP contribution in [0.3, 0.4) is 0 Å². The highest BCUT2D eigenvalue weighted by Gasteiger charge is 2.31. The van der Waals surface area contributed by atoms with Crippen molar-refractivity contribution in [1.82, 2.24) is 0 Å². The Labute approximate surface area is 109 Å². The standard InChI is InChI=1S/C11H11BrN2O2S/c1-7-4-9(12)11-10(5-7)17(15,16)6-8(14-11)2-3-13/h4-5,8,14H,2,6H2,1H3. The zero-order valence-corrected chi connectivity index (χ0v) is 11.6. The summed E-state index contributed by atoms with van der Waals surface area (Å²) in [5.74, 6) is -0.0244. The third-order valence-corrected chi connectivity index (χ3v) is 5.10. The molecule has 0 fully saturated rings. The monoisotopic (exact) mass is 314 g/mol. The van der Waals surface area contributed by atoms with Crippen molar-refractivity contribution in [3.8, 4) is 6.07 Å². The maximum absolute atomic E-state index is 12.1. The van der Waals surface area contributed by atoms with Gasteiger partial charge in [-0.05, 0) is 40.5 Å². The Kier molecular flexibility index (Phi) is 3.15. The summed E-state index contributed by atoms with van der Waals surface area (Å²) in [5, 5.41) is 11.8. The van der Waals surface area contributed by atoms with Gasteiger partial charge in [0.25, 0.3) is 0 Å². The van der Waals surface area contributed by atoms with Crippen LogP contribution in [0, 0.1) is 18.3 Å². The van der Waals surface area contributed by atoms with Gasteiger partial charge in [-0.1, -0.05) is 0 Å². The highest BCUT2D eigenvalue weighted by Crippen LogP contribution is 2.36. The van der Waals surface area contributed by atoms with Gasteiger partial charge in [0.2, 0.25) is 0 Å². The van der Waals surface area contributed by atoms with Gasteiger partial charge >= 0.3 is 0 Å². The van der Waals surface area contributed by atoms with E-state index in [1.165, 1.54) is 0 Å². The molecule has 0 aromatic heterocycles. The first kappa shape index (κ1) is 12.4. The summed E-state index contributed by atoms with van der Waals surface area (Å²) in [7, 11) is -3.30. The highest BCUT2D eigenvalue weighted by molar-refractivity contribution is 9.10. The molecule has 90 valence electrons. The Morgan fingerprint density at radius 1 is 1.59 bits per heavy atom. The largest absolute Gasteiger partial charge is 0.378 e. The summed E-state index contributed by atoms with van der Waals surface area (Å²) < 4.78 is 24.9. The summed E-state index contributed by atoms with van der Waals surface area (Å²) in [6, 6.07) is 5.17. The molecule has 1 heterocycles. The molecule has 17 heavy (non-hydrogen) atoms. The van der Waals surface area contributed by atoms with E-state index in [1.54, 1.807) is 6.07 Å². The first-order chi connectivity index (χ1) is 7.94. The van der Waals surface area contributed by atoms with E-state index in [0.717, 1.165) is 10.0 Å². The van der Waals surface area contributed by atoms with Crippen molar-refractivity contribution in [2.45, 2.75) is 24.3 Å². The van der Waals surface area contributed by atoms with Crippen molar-refractivity contribution in [1.29, 1.82) is 5.26 Å². The fourth-order valence-electron chi connectivity index (χ4n) is 1.92. The van der Waals surface area contributed by atoms with Crippen LogP contribution in [-0.4, -0.2) is 20.2 Å². The topological polar surface area (TPSA) is 70.0 Å². The summed E-state index contributed by atoms with van der Waals surface area (Å²) in [6.45, 7) is 1.85. The number of rotatable bonds is 1. The van der Waals surface area contributed by atoms with E-state index in [4.69, 9.17) is 5.26 Å². The average Bonchev–Trinajstić information content (AvgIpc) is 2.20. The quantitative estimate of drug-likeness (QED) is 0.863. The van der Waals surface area contributed by atoms with Crippen LogP contribution in [0.2, 0.25) is 0 Å². The molecule has 0 radical (unpaired) electrons. The van der Waals surface area contributed by atoms with Crippen molar-refractivity contribution >= 4 is 31.5 Å². The normalized spacial score (nSPS) is 21.1. The molecule has 1 aliphatic heterocycles. The lowest BCUT2D eigenvalue weighted by molar-refractivity contribution is 0.586. The minimum atomic E-state index is -3.30. The number of halogens is 1. The Morgan fingerprint density at radius 2 is 2.29 bits per heavy atom. The zero-order chi connectivity index (χ0) is 12.6. The van der Waals surface area contributed by atoms with Crippen molar-refractivity contribution < 1.29 is 8.42 Å². The highest BCUT2D eigenvalue weighted by atomic mass is 79.9. The van der Waals surface area contributed by atoms with E-state index in [9.17, 15) is 8.42 Å². The number of fused-ring (bicyclic) bond motifs is 1. The number of hydrogen-bond acceptors (Lipinski definition) is 4. The molecule has 1 unspecified atom stereocenters. The number of benzene rings is 1. The van der Waals surface area contributed by atoms with Crippen LogP contribution < -0.4 is 5.32 Å². The minimum Gasteiger partial charge on any atom is -0.378 e. The van der Waals surface area contributed by atoms with Gasteiger partial charge in [-0.3, -0.25) is 0 Å². The van der Waals surface area contributed by atoms with Gasteiger partial charge in [0.1, 0.15) is 0 Å². The maximum atomic E-state index is 12.1. The maximum Gasteiger partial charge on any atom is 0.182 e. The average molecular weight is 315 g/mol. The molecule has 1 N–H and O–H groups in total. The number of nitrogens with zero attached hydrogens (tertiary/aromatic N) is 1. The van der Waals surface area contributed by atoms with E-state index in [0.29, 0.717) is 10.6 Å². The molecular formula is C11H11BrN2O2S. The molecule has 1 aliphatic rings. The molecule has 1 aromatic rings. The number of nitriles is 1. The summed E-state index contributed by atoms with van der Waals surface area (Å²) >= 11 is 3.35. The second kappa shape index (κ2) is 4.31. The summed E-state index contributed by atoms with van der Waals surface area (Å²) in [5.41, 5.74) is 1.46. The van der Waals surface area contributed by atoms with Crippen LogP contribution >= 0.6 is 15.9 Å². The molecule has 6 heteroatoms. The van der Waals surface area contributed by atoms with Crippen LogP contribution in [0.15, 0.2) is 21.5 Å². The number of hydrogen-bond donors (Lipinski definition) is 1. The van der Waals surface area contributed by atoms with Gasteiger partial charge in [-0.15, -0.1) is 0 Å². The predicted molar refractivity (Wildman–Crippen MR) is 68.6 cm³/mol. The predicted octanol–water partition coefficient (Wildman–Crippen LogP) is 2.24. The Bertz CT molecular complexity index is 605. The fraction of sp³-hybridized carbons (Fsp3) is 0.364. The van der Waals surface area contributed by atoms with E-state index < -0.39 is 9.84 Å². The SMILES string of the molecule is Cc1cc(Br)c2c(c1)S(=O)(=O)CC(CC#N)N2. The number of sulfone groups is 1. The Hall–Kier alpha value is -1.06.